The Morgan fingerprint density at radius 1 is 0.969 bits per heavy atom. The molecule has 0 unspecified atom stereocenters. The molecule has 0 aliphatic carbocycles. The van der Waals surface area contributed by atoms with E-state index < -0.39 is 10.0 Å². The van der Waals surface area contributed by atoms with Crippen LogP contribution in [0.5, 0.6) is 5.75 Å². The average Bonchev–Trinajstić information content (AvgIpc) is 2.79. The van der Waals surface area contributed by atoms with Gasteiger partial charge in [0.25, 0.3) is 15.9 Å². The smallest absolute Gasteiger partial charge is 0.261 e. The molecular formula is C24H25BrN2O4S. The number of hydrogen-bond donors (Lipinski definition) is 2. The highest BCUT2D eigenvalue weighted by Crippen LogP contribution is 2.20. The number of carbonyl (C=O) groups excluding carboxylic acids is 1. The molecule has 0 heterocycles. The molecule has 0 spiro atoms. The summed E-state index contributed by atoms with van der Waals surface area (Å²) in [6.45, 7) is 1.82. The zero-order valence-corrected chi connectivity index (χ0v) is 20.0. The van der Waals surface area contributed by atoms with Crippen molar-refractivity contribution in [3.63, 3.8) is 0 Å². The number of ether oxygens (including phenoxy) is 1. The fourth-order valence-electron chi connectivity index (χ4n) is 3.01. The molecule has 0 aliphatic rings. The second kappa shape index (κ2) is 11.2. The predicted octanol–water partition coefficient (Wildman–Crippen LogP) is 4.77. The second-order valence-electron chi connectivity index (χ2n) is 7.37. The van der Waals surface area contributed by atoms with Crippen LogP contribution in [-0.4, -0.2) is 27.0 Å². The molecule has 0 saturated carbocycles. The molecule has 6 nitrogen and oxygen atoms in total. The molecular weight excluding hydrogens is 492 g/mol. The van der Waals surface area contributed by atoms with Crippen LogP contribution in [0.15, 0.2) is 88.2 Å². The molecule has 8 heteroatoms. The molecule has 3 aromatic carbocycles. The lowest BCUT2D eigenvalue weighted by Crippen LogP contribution is -2.36. The molecule has 168 valence electrons. The third-order valence-electron chi connectivity index (χ3n) is 4.72. The lowest BCUT2D eigenvalue weighted by Gasteiger charge is -2.14. The Bertz CT molecular complexity index is 1120. The Hall–Kier alpha value is -2.84. The predicted molar refractivity (Wildman–Crippen MR) is 129 cm³/mol. The van der Waals surface area contributed by atoms with E-state index in [0.717, 1.165) is 17.3 Å². The first kappa shape index (κ1) is 23.8. The van der Waals surface area contributed by atoms with Gasteiger partial charge in [0.2, 0.25) is 0 Å². The van der Waals surface area contributed by atoms with E-state index in [4.69, 9.17) is 4.74 Å². The van der Waals surface area contributed by atoms with E-state index in [2.05, 4.69) is 38.1 Å². The van der Waals surface area contributed by atoms with Crippen molar-refractivity contribution in [3.05, 3.63) is 88.9 Å². The molecule has 3 rings (SSSR count). The summed E-state index contributed by atoms with van der Waals surface area (Å²) in [5, 5.41) is 2.91. The van der Waals surface area contributed by atoms with Gasteiger partial charge in [0.1, 0.15) is 5.75 Å². The molecule has 2 N–H and O–H groups in total. The van der Waals surface area contributed by atoms with Crippen molar-refractivity contribution in [2.75, 3.05) is 11.3 Å². The molecule has 1 amide bonds. The van der Waals surface area contributed by atoms with Gasteiger partial charge < -0.3 is 10.1 Å². The largest absolute Gasteiger partial charge is 0.484 e. The minimum absolute atomic E-state index is 0.0171. The van der Waals surface area contributed by atoms with Crippen LogP contribution in [0.1, 0.15) is 18.9 Å². The first-order chi connectivity index (χ1) is 15.3. The molecule has 0 saturated heterocycles. The number of hydrogen-bond acceptors (Lipinski definition) is 4. The van der Waals surface area contributed by atoms with E-state index in [-0.39, 0.29) is 23.5 Å². The Labute approximate surface area is 197 Å². The lowest BCUT2D eigenvalue weighted by atomic mass is 10.1. The van der Waals surface area contributed by atoms with Crippen LogP contribution < -0.4 is 14.8 Å². The number of carbonyl (C=O) groups is 1. The number of anilines is 1. The third-order valence-corrected chi connectivity index (χ3v) is 6.64. The van der Waals surface area contributed by atoms with Crippen molar-refractivity contribution < 1.29 is 17.9 Å². The highest BCUT2D eigenvalue weighted by molar-refractivity contribution is 9.10. The van der Waals surface area contributed by atoms with Gasteiger partial charge in [-0.1, -0.05) is 46.3 Å². The van der Waals surface area contributed by atoms with Crippen molar-refractivity contribution in [1.82, 2.24) is 5.32 Å². The molecule has 32 heavy (non-hydrogen) atoms. The van der Waals surface area contributed by atoms with Crippen LogP contribution in [0.4, 0.5) is 5.69 Å². The fraction of sp³-hybridized carbons (Fsp3) is 0.208. The van der Waals surface area contributed by atoms with E-state index in [1.807, 2.05) is 25.1 Å². The van der Waals surface area contributed by atoms with Crippen LogP contribution in [-0.2, 0) is 21.2 Å². The van der Waals surface area contributed by atoms with Gasteiger partial charge in [-0.05, 0) is 73.9 Å². The Morgan fingerprint density at radius 3 is 2.28 bits per heavy atom. The van der Waals surface area contributed by atoms with Crippen LogP contribution >= 0.6 is 15.9 Å². The van der Waals surface area contributed by atoms with Crippen LogP contribution in [0, 0.1) is 0 Å². The molecule has 1 atom stereocenters. The first-order valence-electron chi connectivity index (χ1n) is 10.2. The van der Waals surface area contributed by atoms with Crippen molar-refractivity contribution in [2.24, 2.45) is 0 Å². The van der Waals surface area contributed by atoms with Crippen LogP contribution in [0.3, 0.4) is 0 Å². The highest BCUT2D eigenvalue weighted by atomic mass is 79.9. The van der Waals surface area contributed by atoms with Gasteiger partial charge in [0.05, 0.1) is 4.90 Å². The highest BCUT2D eigenvalue weighted by Gasteiger charge is 2.15. The van der Waals surface area contributed by atoms with Crippen molar-refractivity contribution in [3.8, 4) is 5.75 Å². The quantitative estimate of drug-likeness (QED) is 0.406. The normalized spacial score (nSPS) is 12.1. The average molecular weight is 517 g/mol. The number of aryl methyl sites for hydroxylation is 1. The van der Waals surface area contributed by atoms with Gasteiger partial charge in [-0.15, -0.1) is 0 Å². The van der Waals surface area contributed by atoms with Gasteiger partial charge in [0, 0.05) is 16.2 Å². The topological polar surface area (TPSA) is 84.5 Å². The van der Waals surface area contributed by atoms with E-state index >= 15 is 0 Å². The Kier molecular flexibility index (Phi) is 8.30. The maximum Gasteiger partial charge on any atom is 0.261 e. The van der Waals surface area contributed by atoms with Gasteiger partial charge in [0.15, 0.2) is 6.61 Å². The Balaban J connectivity index is 1.46. The molecule has 0 bridgehead atoms. The zero-order valence-electron chi connectivity index (χ0n) is 17.6. The number of amides is 1. The van der Waals surface area contributed by atoms with Crippen molar-refractivity contribution >= 4 is 37.5 Å². The maximum absolute atomic E-state index is 12.5. The standard InChI is InChI=1S/C24H25BrN2O4S/c1-18(7-8-19-5-3-2-4-6-19)26-24(28)17-31-22-13-15-23(16-14-22)32(29,30)27-21-11-9-20(25)10-12-21/h2-6,9-16,18,27H,7-8,17H2,1H3,(H,26,28)/t18-/m1/s1. The minimum atomic E-state index is -3.72. The summed E-state index contributed by atoms with van der Waals surface area (Å²) in [5.41, 5.74) is 1.70. The second-order valence-corrected chi connectivity index (χ2v) is 9.96. The molecule has 3 aromatic rings. The van der Waals surface area contributed by atoms with E-state index in [9.17, 15) is 13.2 Å². The van der Waals surface area contributed by atoms with E-state index in [0.29, 0.717) is 11.4 Å². The number of rotatable bonds is 10. The lowest BCUT2D eigenvalue weighted by molar-refractivity contribution is -0.123. The summed E-state index contributed by atoms with van der Waals surface area (Å²) in [6, 6.07) is 22.9. The van der Waals surface area contributed by atoms with Gasteiger partial charge in [-0.25, -0.2) is 8.42 Å². The summed E-state index contributed by atoms with van der Waals surface area (Å²) < 4.78 is 33.9. The summed E-state index contributed by atoms with van der Waals surface area (Å²) >= 11 is 3.31. The van der Waals surface area contributed by atoms with Crippen molar-refractivity contribution in [1.29, 1.82) is 0 Å². The summed E-state index contributed by atoms with van der Waals surface area (Å²) in [6.07, 6.45) is 1.71. The fourth-order valence-corrected chi connectivity index (χ4v) is 4.34. The third kappa shape index (κ3) is 7.39. The maximum atomic E-state index is 12.5. The van der Waals surface area contributed by atoms with E-state index in [1.165, 1.54) is 29.8 Å². The van der Waals surface area contributed by atoms with Gasteiger partial charge in [-0.2, -0.15) is 0 Å². The van der Waals surface area contributed by atoms with Gasteiger partial charge >= 0.3 is 0 Å². The van der Waals surface area contributed by atoms with Crippen molar-refractivity contribution in [2.45, 2.75) is 30.7 Å². The number of nitrogens with one attached hydrogen (secondary N) is 2. The zero-order chi connectivity index (χ0) is 23.0. The van der Waals surface area contributed by atoms with Crippen LogP contribution in [0.25, 0.3) is 0 Å². The monoisotopic (exact) mass is 516 g/mol. The summed E-state index contributed by atoms with van der Waals surface area (Å²) in [4.78, 5) is 12.2. The minimum Gasteiger partial charge on any atom is -0.484 e. The SMILES string of the molecule is C[C@H](CCc1ccccc1)NC(=O)COc1ccc(S(=O)(=O)Nc2ccc(Br)cc2)cc1. The molecule has 0 fully saturated rings. The number of halogens is 1. The number of sulfonamides is 1. The Morgan fingerprint density at radius 2 is 1.62 bits per heavy atom. The molecule has 0 radical (unpaired) electrons. The number of benzene rings is 3. The summed E-state index contributed by atoms with van der Waals surface area (Å²) in [7, 11) is -3.72. The van der Waals surface area contributed by atoms with E-state index in [1.54, 1.807) is 24.3 Å². The first-order valence-corrected chi connectivity index (χ1v) is 12.4. The summed E-state index contributed by atoms with van der Waals surface area (Å²) in [5.74, 6) is 0.193. The van der Waals surface area contributed by atoms with Crippen LogP contribution in [0.2, 0.25) is 0 Å². The molecule has 0 aromatic heterocycles. The van der Waals surface area contributed by atoms with Gasteiger partial charge in [-0.3, -0.25) is 9.52 Å². The molecule has 0 aliphatic heterocycles.